The van der Waals surface area contributed by atoms with Gasteiger partial charge >= 0.3 is 12.4 Å². The molecule has 0 saturated carbocycles. The van der Waals surface area contributed by atoms with Gasteiger partial charge < -0.3 is 19.6 Å². The van der Waals surface area contributed by atoms with Crippen LogP contribution in [0.15, 0.2) is 28.8 Å². The van der Waals surface area contributed by atoms with E-state index in [-0.39, 0.29) is 11.9 Å². The molecule has 13 heteroatoms. The van der Waals surface area contributed by atoms with Crippen LogP contribution in [0.3, 0.4) is 0 Å². The molecule has 0 aliphatic rings. The number of hydrogen-bond donors (Lipinski definition) is 1. The highest BCUT2D eigenvalue weighted by atomic mass is 19.4. The third-order valence-corrected chi connectivity index (χ3v) is 5.83. The molecule has 1 aromatic carbocycles. The number of aromatic nitrogens is 1. The van der Waals surface area contributed by atoms with Crippen LogP contribution in [0.5, 0.6) is 0 Å². The van der Waals surface area contributed by atoms with Gasteiger partial charge in [-0.1, -0.05) is 19.0 Å². The molecule has 7 nitrogen and oxygen atoms in total. The third kappa shape index (κ3) is 8.76. The van der Waals surface area contributed by atoms with Crippen molar-refractivity contribution in [2.45, 2.75) is 58.9 Å². The van der Waals surface area contributed by atoms with Gasteiger partial charge in [0, 0.05) is 17.7 Å². The minimum Gasteiger partial charge on any atom is -0.360 e. The molecule has 0 aliphatic carbocycles. The minimum atomic E-state index is -5.11. The zero-order valence-corrected chi connectivity index (χ0v) is 21.0. The molecule has 1 aromatic heterocycles. The Labute approximate surface area is 210 Å². The summed E-state index contributed by atoms with van der Waals surface area (Å²) in [6.45, 7) is 8.76. The van der Waals surface area contributed by atoms with E-state index in [1.54, 1.807) is 13.8 Å². The molecular formula is C24H30F6N4O3. The van der Waals surface area contributed by atoms with Crippen molar-refractivity contribution in [1.29, 1.82) is 0 Å². The number of nitrogens with zero attached hydrogens (tertiary/aromatic N) is 3. The highest BCUT2D eigenvalue weighted by molar-refractivity contribution is 5.99. The Kier molecular flexibility index (Phi) is 10.1. The topological polar surface area (TPSA) is 78.7 Å². The third-order valence-electron chi connectivity index (χ3n) is 5.83. The Morgan fingerprint density at radius 2 is 1.57 bits per heavy atom. The van der Waals surface area contributed by atoms with Gasteiger partial charge in [-0.25, -0.2) is 0 Å². The van der Waals surface area contributed by atoms with Gasteiger partial charge in [-0.2, -0.15) is 26.3 Å². The summed E-state index contributed by atoms with van der Waals surface area (Å²) in [7, 11) is 0. The standard InChI is InChI=1S/C24H30F6N4O3/c1-5-33(6-2)9-7-8-15(3)34(14-21(35)31-20-10-16(4)37-32-20)22(36)17-11-18(23(25,26)27)13-19(12-17)24(28,29)30/h10-13,15H,5-9,14H2,1-4H3,(H,31,32,35). The molecule has 0 saturated heterocycles. The summed E-state index contributed by atoms with van der Waals surface area (Å²) in [5, 5.41) is 6.02. The van der Waals surface area contributed by atoms with Crippen LogP contribution in [-0.2, 0) is 17.1 Å². The quantitative estimate of drug-likeness (QED) is 0.378. The summed E-state index contributed by atoms with van der Waals surface area (Å²) < 4.78 is 84.9. The van der Waals surface area contributed by atoms with Gasteiger partial charge in [-0.15, -0.1) is 0 Å². The molecule has 0 fully saturated rings. The van der Waals surface area contributed by atoms with Gasteiger partial charge in [0.2, 0.25) is 5.91 Å². The van der Waals surface area contributed by atoms with Gasteiger partial charge in [-0.05, 0) is 64.5 Å². The van der Waals surface area contributed by atoms with Gasteiger partial charge in [0.15, 0.2) is 5.82 Å². The first-order valence-corrected chi connectivity index (χ1v) is 11.7. The van der Waals surface area contributed by atoms with Crippen LogP contribution < -0.4 is 5.32 Å². The maximum Gasteiger partial charge on any atom is 0.416 e. The van der Waals surface area contributed by atoms with E-state index in [4.69, 9.17) is 4.52 Å². The lowest BCUT2D eigenvalue weighted by Crippen LogP contribution is -2.44. The van der Waals surface area contributed by atoms with Crippen molar-refractivity contribution in [3.63, 3.8) is 0 Å². The number of alkyl halides is 6. The van der Waals surface area contributed by atoms with E-state index in [1.807, 2.05) is 13.8 Å². The van der Waals surface area contributed by atoms with Crippen LogP contribution in [0, 0.1) is 6.92 Å². The van der Waals surface area contributed by atoms with Crippen molar-refractivity contribution in [3.8, 4) is 0 Å². The molecule has 2 amide bonds. The zero-order chi connectivity index (χ0) is 28.0. The molecule has 1 unspecified atom stereocenters. The fraction of sp³-hybridized carbons (Fsp3) is 0.542. The summed E-state index contributed by atoms with van der Waals surface area (Å²) in [6, 6.07) is 1.43. The van der Waals surface area contributed by atoms with E-state index in [0.717, 1.165) is 18.0 Å². The predicted octanol–water partition coefficient (Wildman–Crippen LogP) is 5.61. The number of aryl methyl sites for hydroxylation is 1. The number of carbonyl (C=O) groups is 2. The number of carbonyl (C=O) groups excluding carboxylic acids is 2. The molecule has 37 heavy (non-hydrogen) atoms. The average molecular weight is 537 g/mol. The smallest absolute Gasteiger partial charge is 0.360 e. The van der Waals surface area contributed by atoms with Crippen LogP contribution in [0.4, 0.5) is 32.2 Å². The number of halogens is 6. The number of hydrogen-bond acceptors (Lipinski definition) is 5. The first-order valence-electron chi connectivity index (χ1n) is 11.7. The second kappa shape index (κ2) is 12.4. The molecule has 1 heterocycles. The van der Waals surface area contributed by atoms with E-state index in [9.17, 15) is 35.9 Å². The van der Waals surface area contributed by atoms with Crippen molar-refractivity contribution < 1.29 is 40.5 Å². The lowest BCUT2D eigenvalue weighted by atomic mass is 10.0. The summed E-state index contributed by atoms with van der Waals surface area (Å²) >= 11 is 0. The first kappa shape index (κ1) is 30.1. The molecule has 0 spiro atoms. The number of anilines is 1. The Hall–Kier alpha value is -3.09. The van der Waals surface area contributed by atoms with Gasteiger partial charge in [0.25, 0.3) is 5.91 Å². The molecule has 206 valence electrons. The maximum absolute atomic E-state index is 13.3. The van der Waals surface area contributed by atoms with Gasteiger partial charge in [0.05, 0.1) is 11.1 Å². The largest absolute Gasteiger partial charge is 0.416 e. The molecule has 1 atom stereocenters. The molecule has 0 aliphatic heterocycles. The van der Waals surface area contributed by atoms with E-state index < -0.39 is 53.4 Å². The summed E-state index contributed by atoms with van der Waals surface area (Å²) in [5.41, 5.74) is -4.03. The molecular weight excluding hydrogens is 506 g/mol. The highest BCUT2D eigenvalue weighted by Gasteiger charge is 2.38. The van der Waals surface area contributed by atoms with Crippen molar-refractivity contribution >= 4 is 17.6 Å². The second-order valence-corrected chi connectivity index (χ2v) is 8.62. The van der Waals surface area contributed by atoms with Crippen LogP contribution in [0.25, 0.3) is 0 Å². The maximum atomic E-state index is 13.3. The zero-order valence-electron chi connectivity index (χ0n) is 21.0. The number of rotatable bonds is 11. The van der Waals surface area contributed by atoms with E-state index >= 15 is 0 Å². The molecule has 2 rings (SSSR count). The Bertz CT molecular complexity index is 1030. The van der Waals surface area contributed by atoms with Gasteiger partial charge in [0.1, 0.15) is 12.3 Å². The fourth-order valence-corrected chi connectivity index (χ4v) is 3.74. The lowest BCUT2D eigenvalue weighted by molar-refractivity contribution is -0.143. The van der Waals surface area contributed by atoms with Crippen molar-refractivity contribution in [2.24, 2.45) is 0 Å². The fourth-order valence-electron chi connectivity index (χ4n) is 3.74. The van der Waals surface area contributed by atoms with Crippen molar-refractivity contribution in [2.75, 3.05) is 31.5 Å². The molecule has 1 N–H and O–H groups in total. The number of nitrogens with one attached hydrogen (secondary N) is 1. The SMILES string of the molecule is CCN(CC)CCCC(C)N(CC(=O)Nc1cc(C)on1)C(=O)c1cc(C(F)(F)F)cc(C(F)(F)F)c1. The van der Waals surface area contributed by atoms with Crippen molar-refractivity contribution in [3.05, 3.63) is 46.7 Å². The Balaban J connectivity index is 2.38. The van der Waals surface area contributed by atoms with Crippen LogP contribution >= 0.6 is 0 Å². The monoisotopic (exact) mass is 536 g/mol. The minimum absolute atomic E-state index is 0.0474. The normalized spacial score (nSPS) is 13.1. The second-order valence-electron chi connectivity index (χ2n) is 8.62. The van der Waals surface area contributed by atoms with Crippen LogP contribution in [0.2, 0.25) is 0 Å². The highest BCUT2D eigenvalue weighted by Crippen LogP contribution is 2.36. The van der Waals surface area contributed by atoms with Crippen LogP contribution in [0.1, 0.15) is 60.9 Å². The summed E-state index contributed by atoms with van der Waals surface area (Å²) in [4.78, 5) is 29.1. The Morgan fingerprint density at radius 1 is 1.00 bits per heavy atom. The summed E-state index contributed by atoms with van der Waals surface area (Å²) in [6.07, 6.45) is -9.27. The summed E-state index contributed by atoms with van der Waals surface area (Å²) in [5.74, 6) is -1.40. The Morgan fingerprint density at radius 3 is 2.03 bits per heavy atom. The van der Waals surface area contributed by atoms with E-state index in [1.165, 1.54) is 6.07 Å². The van der Waals surface area contributed by atoms with E-state index in [0.29, 0.717) is 37.3 Å². The predicted molar refractivity (Wildman–Crippen MR) is 124 cm³/mol. The first-order chi connectivity index (χ1) is 17.1. The number of amides is 2. The molecule has 0 bridgehead atoms. The lowest BCUT2D eigenvalue weighted by Gasteiger charge is -2.30. The average Bonchev–Trinajstić information content (AvgIpc) is 3.22. The van der Waals surface area contributed by atoms with Crippen molar-refractivity contribution in [1.82, 2.24) is 15.0 Å². The van der Waals surface area contributed by atoms with Crippen LogP contribution in [-0.4, -0.2) is 59.0 Å². The number of benzene rings is 1. The molecule has 0 radical (unpaired) electrons. The van der Waals surface area contributed by atoms with Gasteiger partial charge in [-0.3, -0.25) is 9.59 Å². The molecule has 2 aromatic rings. The van der Waals surface area contributed by atoms with E-state index in [2.05, 4.69) is 15.4 Å².